The first-order valence-electron chi connectivity index (χ1n) is 6.32. The predicted octanol–water partition coefficient (Wildman–Crippen LogP) is 3.87. The van der Waals surface area contributed by atoms with Gasteiger partial charge < -0.3 is 10.2 Å². The average Bonchev–Trinajstić information content (AvgIpc) is 2.93. The monoisotopic (exact) mass is 421 g/mol. The SMILES string of the molecule is Cc1c(CNC2=NCCN2C)sc2ccc(Cl)cc12.I. The molecule has 0 bridgehead atoms. The molecule has 2 aromatic rings. The highest BCUT2D eigenvalue weighted by atomic mass is 127. The molecule has 0 saturated heterocycles. The summed E-state index contributed by atoms with van der Waals surface area (Å²) >= 11 is 7.89. The Labute approximate surface area is 145 Å². The molecule has 0 fully saturated rings. The topological polar surface area (TPSA) is 27.6 Å². The van der Waals surface area contributed by atoms with E-state index < -0.39 is 0 Å². The molecule has 0 radical (unpaired) electrons. The first kappa shape index (κ1) is 15.9. The van der Waals surface area contributed by atoms with Gasteiger partial charge in [-0.2, -0.15) is 0 Å². The van der Waals surface area contributed by atoms with Gasteiger partial charge in [0, 0.05) is 28.2 Å². The number of hydrogen-bond donors (Lipinski definition) is 1. The van der Waals surface area contributed by atoms with Crippen molar-refractivity contribution in [3.8, 4) is 0 Å². The van der Waals surface area contributed by atoms with Gasteiger partial charge in [-0.3, -0.25) is 4.99 Å². The molecular weight excluding hydrogens is 405 g/mol. The quantitative estimate of drug-likeness (QED) is 0.746. The Kier molecular flexibility index (Phi) is 5.14. The van der Waals surface area contributed by atoms with Gasteiger partial charge in [0.1, 0.15) is 0 Å². The molecule has 0 atom stereocenters. The van der Waals surface area contributed by atoms with Crippen LogP contribution in [0.1, 0.15) is 10.4 Å². The molecule has 6 heteroatoms. The number of hydrogen-bond acceptors (Lipinski definition) is 4. The van der Waals surface area contributed by atoms with E-state index in [-0.39, 0.29) is 24.0 Å². The van der Waals surface area contributed by atoms with Crippen LogP contribution in [0.5, 0.6) is 0 Å². The van der Waals surface area contributed by atoms with Crippen molar-refractivity contribution in [3.05, 3.63) is 33.7 Å². The summed E-state index contributed by atoms with van der Waals surface area (Å²) in [6, 6.07) is 6.09. The van der Waals surface area contributed by atoms with Crippen LogP contribution in [-0.2, 0) is 6.54 Å². The smallest absolute Gasteiger partial charge is 0.194 e. The molecular formula is C14H17ClIN3S. The number of nitrogens with zero attached hydrogens (tertiary/aromatic N) is 2. The molecule has 1 aliphatic heterocycles. The third-order valence-electron chi connectivity index (χ3n) is 3.46. The number of aryl methyl sites for hydroxylation is 1. The number of nitrogens with one attached hydrogen (secondary N) is 1. The summed E-state index contributed by atoms with van der Waals surface area (Å²) in [4.78, 5) is 7.94. The highest BCUT2D eigenvalue weighted by Gasteiger charge is 2.13. The van der Waals surface area contributed by atoms with Gasteiger partial charge in [-0.05, 0) is 36.1 Å². The largest absolute Gasteiger partial charge is 0.351 e. The maximum atomic E-state index is 6.06. The zero-order chi connectivity index (χ0) is 13.4. The van der Waals surface area contributed by atoms with Crippen molar-refractivity contribution in [2.24, 2.45) is 4.99 Å². The molecule has 1 aliphatic rings. The maximum Gasteiger partial charge on any atom is 0.194 e. The Bertz CT molecular complexity index is 653. The summed E-state index contributed by atoms with van der Waals surface area (Å²) in [6.45, 7) is 4.88. The van der Waals surface area contributed by atoms with Gasteiger partial charge in [-0.25, -0.2) is 0 Å². The second kappa shape index (κ2) is 6.49. The van der Waals surface area contributed by atoms with Gasteiger partial charge in [-0.15, -0.1) is 35.3 Å². The Hall–Kier alpha value is -0.530. The number of benzene rings is 1. The number of rotatable bonds is 2. The van der Waals surface area contributed by atoms with Crippen LogP contribution < -0.4 is 5.32 Å². The van der Waals surface area contributed by atoms with Crippen LogP contribution in [0.3, 0.4) is 0 Å². The summed E-state index contributed by atoms with van der Waals surface area (Å²) in [6.07, 6.45) is 0. The molecule has 0 spiro atoms. The van der Waals surface area contributed by atoms with E-state index in [2.05, 4.69) is 35.2 Å². The highest BCUT2D eigenvalue weighted by molar-refractivity contribution is 14.0. The van der Waals surface area contributed by atoms with Crippen LogP contribution in [0.15, 0.2) is 23.2 Å². The van der Waals surface area contributed by atoms with E-state index in [0.717, 1.165) is 30.6 Å². The van der Waals surface area contributed by atoms with Crippen LogP contribution in [0, 0.1) is 6.92 Å². The van der Waals surface area contributed by atoms with Gasteiger partial charge >= 0.3 is 0 Å². The fraction of sp³-hybridized carbons (Fsp3) is 0.357. The van der Waals surface area contributed by atoms with Crippen LogP contribution in [-0.4, -0.2) is 31.0 Å². The highest BCUT2D eigenvalue weighted by Crippen LogP contribution is 2.32. The number of halogens is 2. The number of guanidine groups is 1. The lowest BCUT2D eigenvalue weighted by molar-refractivity contribution is 0.534. The van der Waals surface area contributed by atoms with E-state index in [1.165, 1.54) is 20.5 Å². The minimum Gasteiger partial charge on any atom is -0.351 e. The second-order valence-electron chi connectivity index (χ2n) is 4.77. The van der Waals surface area contributed by atoms with E-state index in [9.17, 15) is 0 Å². The third kappa shape index (κ3) is 3.04. The van der Waals surface area contributed by atoms with E-state index in [1.807, 2.05) is 23.5 Å². The van der Waals surface area contributed by atoms with E-state index in [0.29, 0.717) is 0 Å². The molecule has 1 aromatic carbocycles. The Morgan fingerprint density at radius 1 is 1.45 bits per heavy atom. The molecule has 0 aliphatic carbocycles. The Balaban J connectivity index is 0.00000147. The zero-order valence-corrected chi connectivity index (χ0v) is 15.3. The van der Waals surface area contributed by atoms with Gasteiger partial charge in [0.05, 0.1) is 13.1 Å². The zero-order valence-electron chi connectivity index (χ0n) is 11.4. The molecule has 1 N–H and O–H groups in total. The summed E-state index contributed by atoms with van der Waals surface area (Å²) < 4.78 is 1.29. The molecule has 0 saturated carbocycles. The molecule has 3 rings (SSSR count). The lowest BCUT2D eigenvalue weighted by Gasteiger charge is -2.14. The predicted molar refractivity (Wildman–Crippen MR) is 98.8 cm³/mol. The second-order valence-corrected chi connectivity index (χ2v) is 6.34. The fourth-order valence-corrected chi connectivity index (χ4v) is 3.60. The van der Waals surface area contributed by atoms with Gasteiger partial charge in [-0.1, -0.05) is 11.6 Å². The molecule has 2 heterocycles. The van der Waals surface area contributed by atoms with Crippen molar-refractivity contribution >= 4 is 63.0 Å². The van der Waals surface area contributed by atoms with E-state index >= 15 is 0 Å². The number of likely N-dealkylation sites (N-methyl/N-ethyl adjacent to an activating group) is 1. The minimum absolute atomic E-state index is 0. The van der Waals surface area contributed by atoms with Crippen LogP contribution >= 0.6 is 46.9 Å². The summed E-state index contributed by atoms with van der Waals surface area (Å²) in [7, 11) is 2.07. The van der Waals surface area contributed by atoms with Crippen LogP contribution in [0.4, 0.5) is 0 Å². The van der Waals surface area contributed by atoms with Crippen LogP contribution in [0.25, 0.3) is 10.1 Å². The summed E-state index contributed by atoms with van der Waals surface area (Å²) in [5, 5.41) is 5.48. The van der Waals surface area contributed by atoms with Crippen LogP contribution in [0.2, 0.25) is 5.02 Å². The minimum atomic E-state index is 0. The lowest BCUT2D eigenvalue weighted by atomic mass is 10.1. The normalized spacial score (nSPS) is 14.3. The van der Waals surface area contributed by atoms with Crippen molar-refractivity contribution in [3.63, 3.8) is 0 Å². The average molecular weight is 422 g/mol. The van der Waals surface area contributed by atoms with E-state index in [1.54, 1.807) is 0 Å². The van der Waals surface area contributed by atoms with Crippen molar-refractivity contribution in [2.45, 2.75) is 13.5 Å². The third-order valence-corrected chi connectivity index (χ3v) is 4.97. The lowest BCUT2D eigenvalue weighted by Crippen LogP contribution is -2.34. The fourth-order valence-electron chi connectivity index (χ4n) is 2.30. The molecule has 0 amide bonds. The van der Waals surface area contributed by atoms with Crippen molar-refractivity contribution < 1.29 is 0 Å². The van der Waals surface area contributed by atoms with Gasteiger partial charge in [0.2, 0.25) is 0 Å². The maximum absolute atomic E-state index is 6.06. The number of fused-ring (bicyclic) bond motifs is 1. The Morgan fingerprint density at radius 3 is 2.95 bits per heavy atom. The molecule has 0 unspecified atom stereocenters. The first-order chi connectivity index (χ1) is 9.15. The number of aliphatic imine (C=N–C) groups is 1. The Morgan fingerprint density at radius 2 is 2.25 bits per heavy atom. The molecule has 20 heavy (non-hydrogen) atoms. The first-order valence-corrected chi connectivity index (χ1v) is 7.51. The standard InChI is InChI=1S/C14H16ClN3S.HI/c1-9-11-7-10(15)3-4-12(11)19-13(9)8-17-14-16-5-6-18(14)2;/h3-4,7H,5-6,8H2,1-2H3,(H,16,17);1H. The summed E-state index contributed by atoms with van der Waals surface area (Å²) in [5.74, 6) is 0.995. The van der Waals surface area contributed by atoms with Gasteiger partial charge in [0.15, 0.2) is 5.96 Å². The molecule has 1 aromatic heterocycles. The van der Waals surface area contributed by atoms with E-state index in [4.69, 9.17) is 11.6 Å². The molecule has 3 nitrogen and oxygen atoms in total. The molecule has 108 valence electrons. The number of thiophene rings is 1. The van der Waals surface area contributed by atoms with Crippen molar-refractivity contribution in [1.29, 1.82) is 0 Å². The van der Waals surface area contributed by atoms with Crippen molar-refractivity contribution in [1.82, 2.24) is 10.2 Å². The summed E-state index contributed by atoms with van der Waals surface area (Å²) in [5.41, 5.74) is 1.32. The van der Waals surface area contributed by atoms with Gasteiger partial charge in [0.25, 0.3) is 0 Å². The van der Waals surface area contributed by atoms with Crippen molar-refractivity contribution in [2.75, 3.05) is 20.1 Å².